The molecule has 0 amide bonds. The molecule has 2 rings (SSSR count). The fourth-order valence-corrected chi connectivity index (χ4v) is 2.61. The molecule has 3 heteroatoms. The lowest BCUT2D eigenvalue weighted by molar-refractivity contribution is 0.362. The molecule has 1 aliphatic carbocycles. The van der Waals surface area contributed by atoms with E-state index >= 15 is 0 Å². The van der Waals surface area contributed by atoms with Crippen LogP contribution in [0.1, 0.15) is 38.2 Å². The van der Waals surface area contributed by atoms with Crippen molar-refractivity contribution in [2.75, 3.05) is 19.0 Å². The third kappa shape index (κ3) is 2.76. The number of hydrogen-bond donors (Lipinski definition) is 1. The highest BCUT2D eigenvalue weighted by Gasteiger charge is 2.28. The summed E-state index contributed by atoms with van der Waals surface area (Å²) in [6.07, 6.45) is 5.18. The molecule has 1 saturated carbocycles. The van der Waals surface area contributed by atoms with Gasteiger partial charge < -0.3 is 10.1 Å². The second-order valence-electron chi connectivity index (χ2n) is 5.39. The maximum absolute atomic E-state index is 9.11. The zero-order valence-electron chi connectivity index (χ0n) is 11.1. The summed E-state index contributed by atoms with van der Waals surface area (Å²) >= 11 is 0. The lowest BCUT2D eigenvalue weighted by Crippen LogP contribution is -2.23. The molecular formula is C15H20N2O. The van der Waals surface area contributed by atoms with E-state index in [1.165, 1.54) is 25.7 Å². The van der Waals surface area contributed by atoms with Crippen molar-refractivity contribution in [2.45, 2.75) is 32.6 Å². The number of nitrogens with one attached hydrogen (secondary N) is 1. The topological polar surface area (TPSA) is 45.0 Å². The number of nitrogens with zero attached hydrogens (tertiary/aromatic N) is 1. The van der Waals surface area contributed by atoms with Crippen molar-refractivity contribution in [1.29, 1.82) is 5.26 Å². The van der Waals surface area contributed by atoms with Gasteiger partial charge in [0.1, 0.15) is 11.8 Å². The second-order valence-corrected chi connectivity index (χ2v) is 5.39. The lowest BCUT2D eigenvalue weighted by atomic mass is 9.89. The number of rotatable bonds is 4. The minimum atomic E-state index is 0.371. The highest BCUT2D eigenvalue weighted by Crippen LogP contribution is 2.37. The monoisotopic (exact) mass is 244 g/mol. The summed E-state index contributed by atoms with van der Waals surface area (Å²) in [5, 5.41) is 12.5. The molecule has 0 heterocycles. The van der Waals surface area contributed by atoms with Crippen molar-refractivity contribution in [1.82, 2.24) is 0 Å². The van der Waals surface area contributed by atoms with Gasteiger partial charge >= 0.3 is 0 Å². The van der Waals surface area contributed by atoms with E-state index in [-0.39, 0.29) is 0 Å². The van der Waals surface area contributed by atoms with Gasteiger partial charge in [-0.1, -0.05) is 19.8 Å². The molecule has 1 N–H and O–H groups in total. The molecule has 0 aliphatic heterocycles. The predicted molar refractivity (Wildman–Crippen MR) is 72.8 cm³/mol. The van der Waals surface area contributed by atoms with Gasteiger partial charge in [-0.15, -0.1) is 0 Å². The van der Waals surface area contributed by atoms with Gasteiger partial charge in [-0.25, -0.2) is 0 Å². The molecule has 1 fully saturated rings. The quantitative estimate of drug-likeness (QED) is 0.880. The van der Waals surface area contributed by atoms with Crippen LogP contribution in [-0.2, 0) is 0 Å². The molecule has 0 bridgehead atoms. The Balaban J connectivity index is 2.10. The minimum Gasteiger partial charge on any atom is -0.497 e. The maximum atomic E-state index is 9.11. The summed E-state index contributed by atoms with van der Waals surface area (Å²) in [4.78, 5) is 0. The molecule has 96 valence electrons. The van der Waals surface area contributed by atoms with Crippen molar-refractivity contribution in [2.24, 2.45) is 5.41 Å². The fourth-order valence-electron chi connectivity index (χ4n) is 2.61. The zero-order valence-corrected chi connectivity index (χ0v) is 11.1. The molecule has 0 spiro atoms. The standard InChI is InChI=1S/C15H20N2O/c1-15(7-3-4-8-15)11-17-14-9-13(18-2)6-5-12(14)10-16/h5-6,9,17H,3-4,7-8,11H2,1-2H3. The van der Waals surface area contributed by atoms with Gasteiger partial charge in [0.2, 0.25) is 0 Å². The SMILES string of the molecule is COc1ccc(C#N)c(NCC2(C)CCCC2)c1. The number of ether oxygens (including phenoxy) is 1. The Hall–Kier alpha value is -1.69. The first-order valence-corrected chi connectivity index (χ1v) is 6.49. The second kappa shape index (κ2) is 5.30. The van der Waals surface area contributed by atoms with Crippen LogP contribution < -0.4 is 10.1 Å². The Bertz CT molecular complexity index is 456. The summed E-state index contributed by atoms with van der Waals surface area (Å²) in [7, 11) is 1.64. The first-order chi connectivity index (χ1) is 8.67. The van der Waals surface area contributed by atoms with Crippen LogP contribution >= 0.6 is 0 Å². The smallest absolute Gasteiger partial charge is 0.121 e. The van der Waals surface area contributed by atoms with E-state index in [9.17, 15) is 0 Å². The Morgan fingerprint density at radius 3 is 2.72 bits per heavy atom. The lowest BCUT2D eigenvalue weighted by Gasteiger charge is -2.24. The molecular weight excluding hydrogens is 224 g/mol. The van der Waals surface area contributed by atoms with Gasteiger partial charge in [-0.3, -0.25) is 0 Å². The maximum Gasteiger partial charge on any atom is 0.121 e. The molecule has 0 atom stereocenters. The van der Waals surface area contributed by atoms with E-state index < -0.39 is 0 Å². The number of methoxy groups -OCH3 is 1. The van der Waals surface area contributed by atoms with Crippen LogP contribution in [0, 0.1) is 16.7 Å². The Morgan fingerprint density at radius 1 is 1.39 bits per heavy atom. The molecule has 0 radical (unpaired) electrons. The summed E-state index contributed by atoms with van der Waals surface area (Å²) < 4.78 is 5.20. The van der Waals surface area contributed by atoms with Gasteiger partial charge in [0.25, 0.3) is 0 Å². The first-order valence-electron chi connectivity index (χ1n) is 6.49. The van der Waals surface area contributed by atoms with Crippen LogP contribution in [0.2, 0.25) is 0 Å². The number of anilines is 1. The molecule has 3 nitrogen and oxygen atoms in total. The molecule has 0 aromatic heterocycles. The Labute approximate surface area is 109 Å². The minimum absolute atomic E-state index is 0.371. The first kappa shape index (κ1) is 12.8. The summed E-state index contributed by atoms with van der Waals surface area (Å²) in [6.45, 7) is 3.24. The highest BCUT2D eigenvalue weighted by molar-refractivity contribution is 5.60. The van der Waals surface area contributed by atoms with Crippen LogP contribution in [-0.4, -0.2) is 13.7 Å². The van der Waals surface area contributed by atoms with E-state index in [1.54, 1.807) is 13.2 Å². The van der Waals surface area contributed by atoms with Crippen LogP contribution in [0.25, 0.3) is 0 Å². The Morgan fingerprint density at radius 2 is 2.11 bits per heavy atom. The van der Waals surface area contributed by atoms with Crippen molar-refractivity contribution >= 4 is 5.69 Å². The van der Waals surface area contributed by atoms with Crippen molar-refractivity contribution in [3.05, 3.63) is 23.8 Å². The van der Waals surface area contributed by atoms with Gasteiger partial charge in [0.15, 0.2) is 0 Å². The Kier molecular flexibility index (Phi) is 3.76. The summed E-state index contributed by atoms with van der Waals surface area (Å²) in [5.41, 5.74) is 1.93. The molecule has 1 aromatic carbocycles. The van der Waals surface area contributed by atoms with Crippen molar-refractivity contribution in [3.8, 4) is 11.8 Å². The van der Waals surface area contributed by atoms with Crippen molar-refractivity contribution < 1.29 is 4.74 Å². The number of benzene rings is 1. The molecule has 18 heavy (non-hydrogen) atoms. The summed E-state index contributed by atoms with van der Waals surface area (Å²) in [5.74, 6) is 0.785. The fraction of sp³-hybridized carbons (Fsp3) is 0.533. The third-order valence-corrected chi connectivity index (χ3v) is 3.86. The number of hydrogen-bond acceptors (Lipinski definition) is 3. The van der Waals surface area contributed by atoms with Gasteiger partial charge in [-0.05, 0) is 30.4 Å². The van der Waals surface area contributed by atoms with E-state index in [0.29, 0.717) is 11.0 Å². The highest BCUT2D eigenvalue weighted by atomic mass is 16.5. The van der Waals surface area contributed by atoms with Crippen LogP contribution in [0.3, 0.4) is 0 Å². The van der Waals surface area contributed by atoms with Crippen LogP contribution in [0.5, 0.6) is 5.75 Å². The predicted octanol–water partition coefficient (Wildman–Crippen LogP) is 3.56. The third-order valence-electron chi connectivity index (χ3n) is 3.86. The van der Waals surface area contributed by atoms with Gasteiger partial charge in [0, 0.05) is 12.6 Å². The largest absolute Gasteiger partial charge is 0.497 e. The van der Waals surface area contributed by atoms with E-state index in [4.69, 9.17) is 10.00 Å². The van der Waals surface area contributed by atoms with Gasteiger partial charge in [-0.2, -0.15) is 5.26 Å². The number of nitriles is 1. The van der Waals surface area contributed by atoms with Crippen LogP contribution in [0.15, 0.2) is 18.2 Å². The molecule has 0 unspecified atom stereocenters. The molecule has 1 aliphatic rings. The van der Waals surface area contributed by atoms with E-state index in [1.807, 2.05) is 12.1 Å². The van der Waals surface area contributed by atoms with E-state index in [0.717, 1.165) is 18.0 Å². The van der Waals surface area contributed by atoms with Gasteiger partial charge in [0.05, 0.1) is 18.4 Å². The molecule has 1 aromatic rings. The van der Waals surface area contributed by atoms with E-state index in [2.05, 4.69) is 18.3 Å². The molecule has 0 saturated heterocycles. The average Bonchev–Trinajstić information content (AvgIpc) is 2.83. The average molecular weight is 244 g/mol. The van der Waals surface area contributed by atoms with Crippen LogP contribution in [0.4, 0.5) is 5.69 Å². The summed E-state index contributed by atoms with van der Waals surface area (Å²) in [6, 6.07) is 7.74. The van der Waals surface area contributed by atoms with Crippen molar-refractivity contribution in [3.63, 3.8) is 0 Å². The normalized spacial score (nSPS) is 17.2. The zero-order chi connectivity index (χ0) is 13.0.